The lowest BCUT2D eigenvalue weighted by Gasteiger charge is -2.32. The molecule has 0 aromatic carbocycles. The summed E-state index contributed by atoms with van der Waals surface area (Å²) in [7, 11) is 0. The molecule has 3 unspecified atom stereocenters. The zero-order valence-electron chi connectivity index (χ0n) is 13.5. The number of hydrogen-bond donors (Lipinski definition) is 1. The second-order valence-electron chi connectivity index (χ2n) is 6.87. The Morgan fingerprint density at radius 2 is 2.08 bits per heavy atom. The van der Waals surface area contributed by atoms with Crippen LogP contribution >= 0.6 is 0 Å². The molecule has 0 spiro atoms. The molecule has 1 N–H and O–H groups in total. The summed E-state index contributed by atoms with van der Waals surface area (Å²) in [4.78, 5) is 26.1. The number of carboxylic acids is 1. The van der Waals surface area contributed by atoms with E-state index in [0.717, 1.165) is 25.7 Å². The molecule has 128 valence electrons. The highest BCUT2D eigenvalue weighted by Crippen LogP contribution is 2.39. The Hall–Kier alpha value is -2.15. The van der Waals surface area contributed by atoms with Crippen LogP contribution in [0.5, 0.6) is 0 Å². The maximum atomic E-state index is 12.4. The normalized spacial score (nSPS) is 27.4. The first-order valence-electron chi connectivity index (χ1n) is 8.68. The molecule has 7 heteroatoms. The van der Waals surface area contributed by atoms with Crippen LogP contribution in [0.15, 0.2) is 29.2 Å². The Morgan fingerprint density at radius 3 is 2.88 bits per heavy atom. The number of pyridine rings is 1. The fraction of sp³-hybridized carbons (Fsp3) is 0.588. The molecular formula is C17H22N4O3. The van der Waals surface area contributed by atoms with E-state index in [0.29, 0.717) is 30.7 Å². The number of carbonyl (C=O) groups is 1. The van der Waals surface area contributed by atoms with Gasteiger partial charge < -0.3 is 5.11 Å². The van der Waals surface area contributed by atoms with Crippen molar-refractivity contribution in [3.63, 3.8) is 0 Å². The van der Waals surface area contributed by atoms with Gasteiger partial charge in [-0.25, -0.2) is 9.48 Å². The molecule has 2 fully saturated rings. The van der Waals surface area contributed by atoms with E-state index in [1.165, 1.54) is 15.5 Å². The quantitative estimate of drug-likeness (QED) is 0.911. The number of aromatic nitrogens is 3. The van der Waals surface area contributed by atoms with Crippen LogP contribution in [0.1, 0.15) is 32.1 Å². The van der Waals surface area contributed by atoms with E-state index in [9.17, 15) is 14.7 Å². The topological polar surface area (TPSA) is 79.8 Å². The molecule has 1 aliphatic carbocycles. The molecule has 7 nitrogen and oxygen atoms in total. The number of likely N-dealkylation sites (tertiary alicyclic amines) is 1. The third-order valence-electron chi connectivity index (χ3n) is 5.56. The van der Waals surface area contributed by atoms with Gasteiger partial charge in [-0.1, -0.05) is 18.9 Å². The van der Waals surface area contributed by atoms with E-state index in [4.69, 9.17) is 0 Å². The van der Waals surface area contributed by atoms with Gasteiger partial charge >= 0.3 is 11.7 Å². The van der Waals surface area contributed by atoms with E-state index in [2.05, 4.69) is 10.00 Å². The Bertz CT molecular complexity index is 812. The number of rotatable bonds is 4. The van der Waals surface area contributed by atoms with Gasteiger partial charge in [0.25, 0.3) is 0 Å². The number of fused-ring (bicyclic) bond motifs is 2. The van der Waals surface area contributed by atoms with E-state index in [1.807, 2.05) is 6.07 Å². The van der Waals surface area contributed by atoms with Crippen molar-refractivity contribution in [2.45, 2.75) is 50.7 Å². The highest BCUT2D eigenvalue weighted by Gasteiger charge is 2.44. The SMILES string of the molecule is O=C(O)C1CC2CCCCC2N1CCn1nc2ccccn2c1=O. The highest BCUT2D eigenvalue weighted by atomic mass is 16.4. The fourth-order valence-electron chi connectivity index (χ4n) is 4.44. The van der Waals surface area contributed by atoms with Crippen LogP contribution in [-0.2, 0) is 11.3 Å². The molecular weight excluding hydrogens is 308 g/mol. The molecule has 0 amide bonds. The van der Waals surface area contributed by atoms with Gasteiger partial charge in [0, 0.05) is 18.8 Å². The molecule has 1 aliphatic heterocycles. The van der Waals surface area contributed by atoms with Gasteiger partial charge in [-0.05, 0) is 37.3 Å². The molecule has 2 aromatic rings. The molecule has 1 saturated carbocycles. The van der Waals surface area contributed by atoms with Crippen LogP contribution < -0.4 is 5.69 Å². The monoisotopic (exact) mass is 330 g/mol. The first-order chi connectivity index (χ1) is 11.6. The van der Waals surface area contributed by atoms with E-state index in [-0.39, 0.29) is 5.69 Å². The van der Waals surface area contributed by atoms with Crippen LogP contribution in [0.3, 0.4) is 0 Å². The summed E-state index contributed by atoms with van der Waals surface area (Å²) in [5, 5.41) is 13.9. The Balaban J connectivity index is 1.55. The summed E-state index contributed by atoms with van der Waals surface area (Å²) in [6, 6.07) is 5.36. The van der Waals surface area contributed by atoms with Gasteiger partial charge in [-0.2, -0.15) is 0 Å². The first kappa shape index (κ1) is 15.4. The maximum Gasteiger partial charge on any atom is 0.350 e. The van der Waals surface area contributed by atoms with Gasteiger partial charge in [0.2, 0.25) is 0 Å². The van der Waals surface area contributed by atoms with Crippen molar-refractivity contribution in [3.05, 3.63) is 34.9 Å². The molecule has 0 radical (unpaired) electrons. The van der Waals surface area contributed by atoms with E-state index in [1.54, 1.807) is 18.3 Å². The van der Waals surface area contributed by atoms with Crippen molar-refractivity contribution < 1.29 is 9.90 Å². The molecule has 4 rings (SSSR count). The summed E-state index contributed by atoms with van der Waals surface area (Å²) >= 11 is 0. The number of nitrogens with zero attached hydrogens (tertiary/aromatic N) is 4. The molecule has 0 bridgehead atoms. The lowest BCUT2D eigenvalue weighted by atomic mass is 9.85. The van der Waals surface area contributed by atoms with Crippen LogP contribution in [-0.4, -0.2) is 48.8 Å². The fourth-order valence-corrected chi connectivity index (χ4v) is 4.44. The zero-order valence-corrected chi connectivity index (χ0v) is 13.5. The number of aliphatic carboxylic acids is 1. The smallest absolute Gasteiger partial charge is 0.350 e. The third-order valence-corrected chi connectivity index (χ3v) is 5.56. The van der Waals surface area contributed by atoms with Crippen LogP contribution in [0.2, 0.25) is 0 Å². The molecule has 2 aromatic heterocycles. The molecule has 24 heavy (non-hydrogen) atoms. The lowest BCUT2D eigenvalue weighted by Crippen LogP contribution is -2.44. The van der Waals surface area contributed by atoms with Crippen LogP contribution in [0.4, 0.5) is 0 Å². The van der Waals surface area contributed by atoms with Crippen molar-refractivity contribution in [1.82, 2.24) is 19.1 Å². The van der Waals surface area contributed by atoms with E-state index >= 15 is 0 Å². The number of carboxylic acid groups (broad SMARTS) is 1. The predicted octanol–water partition coefficient (Wildman–Crippen LogP) is 1.21. The minimum atomic E-state index is -0.744. The second kappa shape index (κ2) is 6.05. The van der Waals surface area contributed by atoms with Crippen molar-refractivity contribution >= 4 is 11.6 Å². The summed E-state index contributed by atoms with van der Waals surface area (Å²) in [6.07, 6.45) is 6.99. The maximum absolute atomic E-state index is 12.4. The zero-order chi connectivity index (χ0) is 16.7. The third kappa shape index (κ3) is 2.53. The standard InChI is InChI=1S/C17H22N4O3/c22-16(23)14-11-12-5-1-2-6-13(12)19(14)9-10-21-17(24)20-8-4-3-7-15(20)18-21/h3-4,7-8,12-14H,1-2,5-6,9-11H2,(H,22,23). The minimum absolute atomic E-state index is 0.170. The average Bonchev–Trinajstić information content (AvgIpc) is 3.12. The minimum Gasteiger partial charge on any atom is -0.480 e. The largest absolute Gasteiger partial charge is 0.480 e. The summed E-state index contributed by atoms with van der Waals surface area (Å²) < 4.78 is 2.96. The number of hydrogen-bond acceptors (Lipinski definition) is 4. The Labute approximate surface area is 139 Å². The summed E-state index contributed by atoms with van der Waals surface area (Å²) in [6.45, 7) is 0.982. The van der Waals surface area contributed by atoms with Gasteiger partial charge in [0.05, 0.1) is 6.54 Å². The van der Waals surface area contributed by atoms with Crippen molar-refractivity contribution in [2.75, 3.05) is 6.54 Å². The van der Waals surface area contributed by atoms with Gasteiger partial charge in [0.1, 0.15) is 6.04 Å². The van der Waals surface area contributed by atoms with E-state index < -0.39 is 12.0 Å². The van der Waals surface area contributed by atoms with Crippen LogP contribution in [0, 0.1) is 5.92 Å². The van der Waals surface area contributed by atoms with Crippen molar-refractivity contribution in [2.24, 2.45) is 5.92 Å². The average molecular weight is 330 g/mol. The molecule has 2 aliphatic rings. The molecule has 3 heterocycles. The second-order valence-corrected chi connectivity index (χ2v) is 6.87. The first-order valence-corrected chi connectivity index (χ1v) is 8.68. The summed E-state index contributed by atoms with van der Waals surface area (Å²) in [5.41, 5.74) is 0.450. The Kier molecular flexibility index (Phi) is 3.88. The highest BCUT2D eigenvalue weighted by molar-refractivity contribution is 5.74. The summed E-state index contributed by atoms with van der Waals surface area (Å²) in [5.74, 6) is -0.260. The predicted molar refractivity (Wildman–Crippen MR) is 87.9 cm³/mol. The van der Waals surface area contributed by atoms with Gasteiger partial charge in [-0.15, -0.1) is 5.10 Å². The lowest BCUT2D eigenvalue weighted by molar-refractivity contribution is -0.142. The van der Waals surface area contributed by atoms with Crippen LogP contribution in [0.25, 0.3) is 5.65 Å². The molecule has 1 saturated heterocycles. The van der Waals surface area contributed by atoms with Crippen molar-refractivity contribution in [1.29, 1.82) is 0 Å². The molecule has 3 atom stereocenters. The van der Waals surface area contributed by atoms with Gasteiger partial charge in [0.15, 0.2) is 5.65 Å². The van der Waals surface area contributed by atoms with Gasteiger partial charge in [-0.3, -0.25) is 14.1 Å². The van der Waals surface area contributed by atoms with Crippen molar-refractivity contribution in [3.8, 4) is 0 Å². The Morgan fingerprint density at radius 1 is 1.25 bits per heavy atom.